The van der Waals surface area contributed by atoms with Crippen molar-refractivity contribution in [1.82, 2.24) is 0 Å². The van der Waals surface area contributed by atoms with Gasteiger partial charge in [0.2, 0.25) is 0 Å². The van der Waals surface area contributed by atoms with E-state index in [-0.39, 0.29) is 0 Å². The number of anilines is 1. The Labute approximate surface area is 99.6 Å². The zero-order valence-corrected chi connectivity index (χ0v) is 10.6. The van der Waals surface area contributed by atoms with E-state index in [1.54, 1.807) is 0 Å². The standard InChI is InChI=1S/C12H17BrN2/c1-9-6-11(2-3-12(9)13)15-5-4-10(7-14)8-15/h2-3,6,10H,4-5,7-8,14H2,1H3. The van der Waals surface area contributed by atoms with Crippen LogP contribution < -0.4 is 10.6 Å². The van der Waals surface area contributed by atoms with Gasteiger partial charge in [-0.25, -0.2) is 0 Å². The molecule has 0 spiro atoms. The van der Waals surface area contributed by atoms with Crippen LogP contribution in [-0.2, 0) is 0 Å². The molecule has 2 rings (SSSR count). The highest BCUT2D eigenvalue weighted by Gasteiger charge is 2.21. The summed E-state index contributed by atoms with van der Waals surface area (Å²) in [5, 5.41) is 0. The van der Waals surface area contributed by atoms with Gasteiger partial charge in [0.1, 0.15) is 0 Å². The Morgan fingerprint density at radius 3 is 2.93 bits per heavy atom. The molecule has 0 saturated carbocycles. The zero-order chi connectivity index (χ0) is 10.8. The quantitative estimate of drug-likeness (QED) is 0.894. The average Bonchev–Trinajstić information content (AvgIpc) is 2.70. The highest BCUT2D eigenvalue weighted by molar-refractivity contribution is 9.10. The van der Waals surface area contributed by atoms with Crippen LogP contribution in [0.25, 0.3) is 0 Å². The number of aryl methyl sites for hydroxylation is 1. The fourth-order valence-electron chi connectivity index (χ4n) is 2.09. The highest BCUT2D eigenvalue weighted by Crippen LogP contribution is 2.27. The maximum atomic E-state index is 5.69. The molecule has 0 amide bonds. The van der Waals surface area contributed by atoms with Gasteiger partial charge in [-0.05, 0) is 49.6 Å². The van der Waals surface area contributed by atoms with E-state index in [1.165, 1.54) is 22.1 Å². The first kappa shape index (κ1) is 11.0. The summed E-state index contributed by atoms with van der Waals surface area (Å²) in [5.74, 6) is 0.675. The van der Waals surface area contributed by atoms with Crippen molar-refractivity contribution in [3.63, 3.8) is 0 Å². The van der Waals surface area contributed by atoms with E-state index in [9.17, 15) is 0 Å². The molecular weight excluding hydrogens is 252 g/mol. The number of nitrogens with zero attached hydrogens (tertiary/aromatic N) is 1. The molecule has 0 radical (unpaired) electrons. The molecule has 0 bridgehead atoms. The van der Waals surface area contributed by atoms with Gasteiger partial charge in [-0.1, -0.05) is 15.9 Å². The first-order valence-electron chi connectivity index (χ1n) is 5.42. The Hall–Kier alpha value is -0.540. The van der Waals surface area contributed by atoms with Gasteiger partial charge in [-0.3, -0.25) is 0 Å². The van der Waals surface area contributed by atoms with Crippen molar-refractivity contribution in [3.05, 3.63) is 28.2 Å². The maximum Gasteiger partial charge on any atom is 0.0369 e. The summed E-state index contributed by atoms with van der Waals surface area (Å²) in [6.45, 7) is 5.19. The third-order valence-electron chi connectivity index (χ3n) is 3.13. The second kappa shape index (κ2) is 4.54. The second-order valence-electron chi connectivity index (χ2n) is 4.27. The van der Waals surface area contributed by atoms with Crippen molar-refractivity contribution >= 4 is 21.6 Å². The molecule has 1 atom stereocenters. The van der Waals surface area contributed by atoms with Crippen LogP contribution in [0.2, 0.25) is 0 Å². The van der Waals surface area contributed by atoms with Crippen LogP contribution in [0.3, 0.4) is 0 Å². The summed E-state index contributed by atoms with van der Waals surface area (Å²) in [4.78, 5) is 2.43. The number of hydrogen-bond acceptors (Lipinski definition) is 2. The Bertz CT molecular complexity index is 351. The van der Waals surface area contributed by atoms with Crippen molar-refractivity contribution in [2.75, 3.05) is 24.5 Å². The molecule has 3 heteroatoms. The van der Waals surface area contributed by atoms with Gasteiger partial charge in [0.05, 0.1) is 0 Å². The van der Waals surface area contributed by atoms with E-state index in [0.29, 0.717) is 5.92 Å². The number of hydrogen-bond donors (Lipinski definition) is 1. The minimum Gasteiger partial charge on any atom is -0.371 e. The lowest BCUT2D eigenvalue weighted by molar-refractivity contribution is 0.602. The number of rotatable bonds is 2. The molecule has 0 aliphatic carbocycles. The Morgan fingerprint density at radius 2 is 2.33 bits per heavy atom. The fourth-order valence-corrected chi connectivity index (χ4v) is 2.33. The van der Waals surface area contributed by atoms with Gasteiger partial charge in [-0.2, -0.15) is 0 Å². The topological polar surface area (TPSA) is 29.3 Å². The summed E-state index contributed by atoms with van der Waals surface area (Å²) in [7, 11) is 0. The van der Waals surface area contributed by atoms with Gasteiger partial charge in [0, 0.05) is 23.2 Å². The van der Waals surface area contributed by atoms with Crippen LogP contribution in [0.4, 0.5) is 5.69 Å². The molecule has 1 aromatic rings. The minimum absolute atomic E-state index is 0.675. The molecule has 1 aliphatic rings. The predicted octanol–water partition coefficient (Wildman–Crippen LogP) is 2.54. The summed E-state index contributed by atoms with van der Waals surface area (Å²) < 4.78 is 1.18. The van der Waals surface area contributed by atoms with E-state index < -0.39 is 0 Å². The smallest absolute Gasteiger partial charge is 0.0369 e. The lowest BCUT2D eigenvalue weighted by atomic mass is 10.1. The van der Waals surface area contributed by atoms with Crippen LogP contribution in [-0.4, -0.2) is 19.6 Å². The van der Waals surface area contributed by atoms with Crippen molar-refractivity contribution < 1.29 is 0 Å². The van der Waals surface area contributed by atoms with Crippen molar-refractivity contribution in [3.8, 4) is 0 Å². The first-order chi connectivity index (χ1) is 7.20. The Morgan fingerprint density at radius 1 is 1.53 bits per heavy atom. The van der Waals surface area contributed by atoms with Crippen molar-refractivity contribution in [2.45, 2.75) is 13.3 Å². The first-order valence-corrected chi connectivity index (χ1v) is 6.21. The van der Waals surface area contributed by atoms with E-state index in [0.717, 1.165) is 19.6 Å². The Balaban J connectivity index is 2.13. The van der Waals surface area contributed by atoms with E-state index in [1.807, 2.05) is 0 Å². The average molecular weight is 269 g/mol. The third-order valence-corrected chi connectivity index (χ3v) is 4.02. The number of nitrogens with two attached hydrogens (primary N) is 1. The second-order valence-corrected chi connectivity index (χ2v) is 5.12. The molecule has 15 heavy (non-hydrogen) atoms. The van der Waals surface area contributed by atoms with E-state index in [4.69, 9.17) is 5.73 Å². The van der Waals surface area contributed by atoms with Gasteiger partial charge in [-0.15, -0.1) is 0 Å². The summed E-state index contributed by atoms with van der Waals surface area (Å²) in [6, 6.07) is 6.54. The molecule has 1 aromatic carbocycles. The monoisotopic (exact) mass is 268 g/mol. The van der Waals surface area contributed by atoms with Crippen LogP contribution >= 0.6 is 15.9 Å². The highest BCUT2D eigenvalue weighted by atomic mass is 79.9. The van der Waals surface area contributed by atoms with Crippen LogP contribution in [0, 0.1) is 12.8 Å². The van der Waals surface area contributed by atoms with E-state index >= 15 is 0 Å². The predicted molar refractivity (Wildman–Crippen MR) is 68.3 cm³/mol. The number of benzene rings is 1. The summed E-state index contributed by atoms with van der Waals surface area (Å²) >= 11 is 3.52. The Kier molecular flexibility index (Phi) is 3.32. The van der Waals surface area contributed by atoms with E-state index in [2.05, 4.69) is 46.0 Å². The third kappa shape index (κ3) is 2.34. The van der Waals surface area contributed by atoms with Gasteiger partial charge in [0.15, 0.2) is 0 Å². The fraction of sp³-hybridized carbons (Fsp3) is 0.500. The molecule has 0 aromatic heterocycles. The molecular formula is C12H17BrN2. The lowest BCUT2D eigenvalue weighted by Crippen LogP contribution is -2.22. The van der Waals surface area contributed by atoms with Gasteiger partial charge in [0.25, 0.3) is 0 Å². The minimum atomic E-state index is 0.675. The molecule has 1 heterocycles. The SMILES string of the molecule is Cc1cc(N2CCC(CN)C2)ccc1Br. The van der Waals surface area contributed by atoms with Crippen LogP contribution in [0.15, 0.2) is 22.7 Å². The van der Waals surface area contributed by atoms with Gasteiger partial charge < -0.3 is 10.6 Å². The molecule has 2 nitrogen and oxygen atoms in total. The van der Waals surface area contributed by atoms with Crippen molar-refractivity contribution in [2.24, 2.45) is 11.7 Å². The molecule has 1 aliphatic heterocycles. The molecule has 1 saturated heterocycles. The summed E-state index contributed by atoms with van der Waals surface area (Å²) in [5.41, 5.74) is 8.31. The van der Waals surface area contributed by atoms with Gasteiger partial charge >= 0.3 is 0 Å². The normalized spacial score (nSPS) is 21.0. The maximum absolute atomic E-state index is 5.69. The molecule has 82 valence electrons. The zero-order valence-electron chi connectivity index (χ0n) is 9.04. The molecule has 2 N–H and O–H groups in total. The molecule has 1 fully saturated rings. The lowest BCUT2D eigenvalue weighted by Gasteiger charge is -2.19. The summed E-state index contributed by atoms with van der Waals surface area (Å²) in [6.07, 6.45) is 1.23. The number of halogens is 1. The molecule has 1 unspecified atom stereocenters. The van der Waals surface area contributed by atoms with Crippen LogP contribution in [0.1, 0.15) is 12.0 Å². The van der Waals surface area contributed by atoms with Crippen LogP contribution in [0.5, 0.6) is 0 Å². The largest absolute Gasteiger partial charge is 0.371 e. The van der Waals surface area contributed by atoms with Crippen molar-refractivity contribution in [1.29, 1.82) is 0 Å².